The average molecular weight is 682 g/mol. The molecule has 1 fully saturated rings. The highest BCUT2D eigenvalue weighted by molar-refractivity contribution is 7.93. The Hall–Kier alpha value is -4.35. The first kappa shape index (κ1) is 34.0. The second-order valence-electron chi connectivity index (χ2n) is 11.7. The number of nitriles is 1. The van der Waals surface area contributed by atoms with Crippen molar-refractivity contribution in [3.8, 4) is 17.6 Å². The van der Waals surface area contributed by atoms with E-state index in [9.17, 15) is 18.5 Å². The van der Waals surface area contributed by atoms with Crippen molar-refractivity contribution in [3.05, 3.63) is 82.4 Å². The predicted octanol–water partition coefficient (Wildman–Crippen LogP) is 4.26. The number of benzene rings is 3. The van der Waals surface area contributed by atoms with E-state index in [0.29, 0.717) is 37.3 Å². The summed E-state index contributed by atoms with van der Waals surface area (Å²) >= 11 is 6.57. The summed E-state index contributed by atoms with van der Waals surface area (Å²) in [6.07, 6.45) is -0.584. The Bertz CT molecular complexity index is 1830. The Morgan fingerprint density at radius 2 is 1.79 bits per heavy atom. The summed E-state index contributed by atoms with van der Waals surface area (Å²) in [5.41, 5.74) is -0.917. The molecule has 12 nitrogen and oxygen atoms in total. The van der Waals surface area contributed by atoms with Crippen LogP contribution in [0, 0.1) is 11.3 Å². The number of amides is 2. The number of ether oxygens (including phenoxy) is 3. The van der Waals surface area contributed by atoms with Gasteiger partial charge in [-0.3, -0.25) is 4.79 Å². The van der Waals surface area contributed by atoms with Gasteiger partial charge in [-0.05, 0) is 81.5 Å². The fraction of sp³-hybridized carbons (Fsp3) is 0.364. The fourth-order valence-corrected chi connectivity index (χ4v) is 7.59. The van der Waals surface area contributed by atoms with Crippen LogP contribution in [-0.2, 0) is 25.1 Å². The summed E-state index contributed by atoms with van der Waals surface area (Å²) in [7, 11) is 3.88. The van der Waals surface area contributed by atoms with Gasteiger partial charge >= 0.3 is 6.09 Å². The standard InChI is InChI=1S/C33H36ClN5O7S/c1-36(2)17-18-45-24-11-14-26(29(20-24)44-5)33(38-16-6-7-30(38)46-32(41)37(3)4)27-19-23(34)10-15-28(27)39(31(33)40)47(42,43)25-12-8-22(21-35)9-13-25/h8-15,19-20,30H,6-7,16-18H2,1-5H3/t30-,33?/m0/s1. The molecule has 3 aromatic rings. The third kappa shape index (κ3) is 6.09. The zero-order chi connectivity index (χ0) is 34.1. The number of rotatable bonds is 10. The van der Waals surface area contributed by atoms with Crippen molar-refractivity contribution in [3.63, 3.8) is 0 Å². The number of hydrogen-bond acceptors (Lipinski definition) is 10. The third-order valence-electron chi connectivity index (χ3n) is 8.18. The Morgan fingerprint density at radius 3 is 2.43 bits per heavy atom. The first-order valence-electron chi connectivity index (χ1n) is 14.9. The van der Waals surface area contributed by atoms with Gasteiger partial charge in [-0.15, -0.1) is 0 Å². The molecule has 0 aromatic heterocycles. The lowest BCUT2D eigenvalue weighted by Gasteiger charge is -2.41. The number of fused-ring (bicyclic) bond motifs is 1. The molecule has 0 N–H and O–H groups in total. The number of anilines is 1. The minimum Gasteiger partial charge on any atom is -0.496 e. The fourth-order valence-electron chi connectivity index (χ4n) is 5.96. The van der Waals surface area contributed by atoms with Crippen LogP contribution >= 0.6 is 11.6 Å². The number of likely N-dealkylation sites (tertiary alicyclic amines) is 1. The van der Waals surface area contributed by atoms with E-state index in [2.05, 4.69) is 0 Å². The predicted molar refractivity (Wildman–Crippen MR) is 175 cm³/mol. The molecule has 0 bridgehead atoms. The second kappa shape index (κ2) is 13.4. The van der Waals surface area contributed by atoms with Crippen LogP contribution in [0.15, 0.2) is 65.6 Å². The second-order valence-corrected chi connectivity index (χ2v) is 13.9. The van der Waals surface area contributed by atoms with Gasteiger partial charge in [-0.2, -0.15) is 5.26 Å². The molecule has 47 heavy (non-hydrogen) atoms. The maximum Gasteiger partial charge on any atom is 0.410 e. The highest BCUT2D eigenvalue weighted by atomic mass is 35.5. The lowest BCUT2D eigenvalue weighted by molar-refractivity contribution is -0.132. The number of halogens is 1. The van der Waals surface area contributed by atoms with Crippen LogP contribution in [0.4, 0.5) is 10.5 Å². The van der Waals surface area contributed by atoms with E-state index in [1.54, 1.807) is 43.3 Å². The van der Waals surface area contributed by atoms with Crippen LogP contribution in [-0.4, -0.2) is 96.3 Å². The van der Waals surface area contributed by atoms with Crippen molar-refractivity contribution in [1.82, 2.24) is 14.7 Å². The summed E-state index contributed by atoms with van der Waals surface area (Å²) in [5, 5.41) is 9.54. The molecule has 2 aliphatic rings. The molecule has 0 radical (unpaired) electrons. The van der Waals surface area contributed by atoms with E-state index in [4.69, 9.17) is 25.8 Å². The van der Waals surface area contributed by atoms with Gasteiger partial charge in [0, 0.05) is 49.4 Å². The summed E-state index contributed by atoms with van der Waals surface area (Å²) in [5.74, 6) is -0.0845. The molecule has 1 unspecified atom stereocenters. The van der Waals surface area contributed by atoms with Gasteiger partial charge in [0.15, 0.2) is 11.8 Å². The monoisotopic (exact) mass is 681 g/mol. The Labute approximate surface area is 279 Å². The van der Waals surface area contributed by atoms with Crippen LogP contribution < -0.4 is 13.8 Å². The van der Waals surface area contributed by atoms with Crippen LogP contribution in [0.25, 0.3) is 0 Å². The molecule has 14 heteroatoms. The van der Waals surface area contributed by atoms with E-state index < -0.39 is 33.8 Å². The summed E-state index contributed by atoms with van der Waals surface area (Å²) < 4.78 is 47.3. The smallest absolute Gasteiger partial charge is 0.410 e. The van der Waals surface area contributed by atoms with Crippen molar-refractivity contribution in [1.29, 1.82) is 5.26 Å². The van der Waals surface area contributed by atoms with Gasteiger partial charge in [0.05, 0.1) is 29.3 Å². The van der Waals surface area contributed by atoms with Crippen LogP contribution in [0.2, 0.25) is 5.02 Å². The molecule has 5 rings (SSSR count). The molecule has 2 heterocycles. The Morgan fingerprint density at radius 1 is 1.06 bits per heavy atom. The molecule has 3 aromatic carbocycles. The van der Waals surface area contributed by atoms with Gasteiger partial charge in [0.1, 0.15) is 18.1 Å². The molecule has 1 saturated heterocycles. The van der Waals surface area contributed by atoms with Gasteiger partial charge in [0.2, 0.25) is 0 Å². The largest absolute Gasteiger partial charge is 0.496 e. The highest BCUT2D eigenvalue weighted by Crippen LogP contribution is 2.55. The zero-order valence-corrected chi connectivity index (χ0v) is 28.3. The molecule has 2 aliphatic heterocycles. The summed E-state index contributed by atoms with van der Waals surface area (Å²) in [4.78, 5) is 32.9. The number of hydrogen-bond donors (Lipinski definition) is 0. The first-order valence-corrected chi connectivity index (χ1v) is 16.7. The topological polar surface area (TPSA) is 133 Å². The maximum absolute atomic E-state index is 15.3. The lowest BCUT2D eigenvalue weighted by atomic mass is 9.81. The quantitative estimate of drug-likeness (QED) is 0.306. The number of carbonyl (C=O) groups is 2. The van der Waals surface area contributed by atoms with Crippen molar-refractivity contribution >= 4 is 39.3 Å². The molecule has 2 atom stereocenters. The number of sulfonamides is 1. The number of likely N-dealkylation sites (N-methyl/N-ethyl adjacent to an activating group) is 1. The SMILES string of the molecule is COc1cc(OCCN(C)C)ccc1C1(N2CCC[C@@H]2OC(=O)N(C)C)C(=O)N(S(=O)(=O)c2ccc(C#N)cc2)c2ccc(Cl)cc21. The van der Waals surface area contributed by atoms with Crippen molar-refractivity contribution in [2.24, 2.45) is 0 Å². The molecular weight excluding hydrogens is 646 g/mol. The van der Waals surface area contributed by atoms with Crippen LogP contribution in [0.3, 0.4) is 0 Å². The third-order valence-corrected chi connectivity index (χ3v) is 10.1. The van der Waals surface area contributed by atoms with Gasteiger partial charge < -0.3 is 24.0 Å². The van der Waals surface area contributed by atoms with E-state index in [0.717, 1.165) is 4.31 Å². The van der Waals surface area contributed by atoms with E-state index >= 15 is 4.79 Å². The molecule has 0 spiro atoms. The van der Waals surface area contributed by atoms with Crippen LogP contribution in [0.1, 0.15) is 29.5 Å². The number of methoxy groups -OCH3 is 1. The molecule has 248 valence electrons. The minimum atomic E-state index is -4.53. The van der Waals surface area contributed by atoms with Gasteiger partial charge in [-0.25, -0.2) is 22.4 Å². The first-order chi connectivity index (χ1) is 22.4. The molecule has 2 amide bonds. The molecule has 0 saturated carbocycles. The summed E-state index contributed by atoms with van der Waals surface area (Å²) in [6, 6.07) is 16.9. The van der Waals surface area contributed by atoms with Crippen molar-refractivity contribution in [2.75, 3.05) is 59.3 Å². The summed E-state index contributed by atoms with van der Waals surface area (Å²) in [6.45, 7) is 1.33. The molecule has 0 aliphatic carbocycles. The van der Waals surface area contributed by atoms with Crippen molar-refractivity contribution < 1.29 is 32.2 Å². The Kier molecular flexibility index (Phi) is 9.70. The van der Waals surface area contributed by atoms with Crippen molar-refractivity contribution in [2.45, 2.75) is 29.5 Å². The van der Waals surface area contributed by atoms with Crippen LogP contribution in [0.5, 0.6) is 11.5 Å². The highest BCUT2D eigenvalue weighted by Gasteiger charge is 2.63. The average Bonchev–Trinajstić information content (AvgIpc) is 3.60. The van der Waals surface area contributed by atoms with E-state index in [1.807, 2.05) is 25.1 Å². The van der Waals surface area contributed by atoms with Gasteiger partial charge in [0.25, 0.3) is 15.9 Å². The molecular formula is C33H36ClN5O7S. The zero-order valence-electron chi connectivity index (χ0n) is 26.8. The Balaban J connectivity index is 1.76. The minimum absolute atomic E-state index is 0.0849. The van der Waals surface area contributed by atoms with E-state index in [1.165, 1.54) is 48.4 Å². The number of carbonyl (C=O) groups excluding carboxylic acids is 2. The lowest BCUT2D eigenvalue weighted by Crippen LogP contribution is -2.57. The van der Waals surface area contributed by atoms with Gasteiger partial charge in [-0.1, -0.05) is 11.6 Å². The maximum atomic E-state index is 15.3. The van der Waals surface area contributed by atoms with E-state index in [-0.39, 0.29) is 39.0 Å². The number of nitrogens with zero attached hydrogens (tertiary/aromatic N) is 5. The normalized spacial score (nSPS) is 19.4.